The Balaban J connectivity index is 2.18. The van der Waals surface area contributed by atoms with Crippen LogP contribution in [-0.2, 0) is 4.79 Å². The quantitative estimate of drug-likeness (QED) is 0.817. The van der Waals surface area contributed by atoms with E-state index in [0.717, 1.165) is 5.70 Å². The molecule has 1 heterocycles. The molecule has 122 valence electrons. The largest absolute Gasteiger partial charge is 0.327 e. The second kappa shape index (κ2) is 5.53. The van der Waals surface area contributed by atoms with Crippen LogP contribution >= 0.6 is 23.2 Å². The Morgan fingerprint density at radius 1 is 1.22 bits per heavy atom. The number of nitrogens with one attached hydrogen (secondary N) is 1. The summed E-state index contributed by atoms with van der Waals surface area (Å²) in [6.07, 6.45) is 1.12. The highest BCUT2D eigenvalue weighted by molar-refractivity contribution is 6.42. The second-order valence-corrected chi connectivity index (χ2v) is 7.67. The van der Waals surface area contributed by atoms with E-state index in [9.17, 15) is 9.59 Å². The Bertz CT molecular complexity index is 740. The van der Waals surface area contributed by atoms with Crippen molar-refractivity contribution in [2.45, 2.75) is 32.7 Å². The van der Waals surface area contributed by atoms with Gasteiger partial charge >= 0.3 is 6.03 Å². The van der Waals surface area contributed by atoms with Crippen molar-refractivity contribution in [3.8, 4) is 0 Å². The molecule has 1 aliphatic carbocycles. The third-order valence-corrected chi connectivity index (χ3v) is 5.29. The molecule has 0 bridgehead atoms. The van der Waals surface area contributed by atoms with Gasteiger partial charge < -0.3 is 10.2 Å². The van der Waals surface area contributed by atoms with Gasteiger partial charge in [-0.3, -0.25) is 4.79 Å². The number of urea groups is 1. The van der Waals surface area contributed by atoms with Crippen LogP contribution in [0.1, 0.15) is 38.3 Å². The molecule has 0 saturated heterocycles. The number of hydrogen-bond acceptors (Lipinski definition) is 2. The van der Waals surface area contributed by atoms with E-state index in [2.05, 4.69) is 5.32 Å². The molecular formula is C17H18Cl2N2O2. The van der Waals surface area contributed by atoms with Crippen LogP contribution in [0.2, 0.25) is 10.0 Å². The molecule has 0 saturated carbocycles. The number of carbonyl (C=O) groups excluding carboxylic acids is 2. The molecule has 6 heteroatoms. The third-order valence-electron chi connectivity index (χ3n) is 4.45. The molecule has 1 atom stereocenters. The van der Waals surface area contributed by atoms with Crippen molar-refractivity contribution in [2.24, 2.45) is 5.41 Å². The molecule has 1 aromatic carbocycles. The molecule has 0 radical (unpaired) electrons. The summed E-state index contributed by atoms with van der Waals surface area (Å²) in [6.45, 7) is 4.08. The number of amides is 2. The molecule has 23 heavy (non-hydrogen) atoms. The van der Waals surface area contributed by atoms with Crippen LogP contribution < -0.4 is 5.32 Å². The number of hydrogen-bond donors (Lipinski definition) is 1. The number of rotatable bonds is 1. The molecule has 0 spiro atoms. The number of nitrogens with zero attached hydrogens (tertiary/aromatic N) is 1. The van der Waals surface area contributed by atoms with Crippen LogP contribution in [0, 0.1) is 5.41 Å². The lowest BCUT2D eigenvalue weighted by atomic mass is 9.72. The maximum absolute atomic E-state index is 12.8. The fourth-order valence-electron chi connectivity index (χ4n) is 3.32. The van der Waals surface area contributed by atoms with E-state index in [-0.39, 0.29) is 17.2 Å². The number of halogens is 2. The summed E-state index contributed by atoms with van der Waals surface area (Å²) in [5, 5.41) is 3.65. The van der Waals surface area contributed by atoms with Crippen molar-refractivity contribution in [3.63, 3.8) is 0 Å². The Hall–Kier alpha value is -1.52. The monoisotopic (exact) mass is 352 g/mol. The molecule has 0 aromatic heterocycles. The summed E-state index contributed by atoms with van der Waals surface area (Å²) in [6, 6.07) is 4.46. The van der Waals surface area contributed by atoms with Crippen LogP contribution in [0.15, 0.2) is 29.5 Å². The zero-order chi connectivity index (χ0) is 16.9. The molecule has 1 N–H and O–H groups in total. The number of Topliss-reactive ketones (excluding diaryl/α,β-unsaturated/α-hetero) is 1. The van der Waals surface area contributed by atoms with Crippen LogP contribution in [-0.4, -0.2) is 23.8 Å². The van der Waals surface area contributed by atoms with E-state index in [1.54, 1.807) is 25.2 Å². The standard InChI is InChI=1S/C17H18Cl2N2O2/c1-17(2)7-11-13(12(22)8-17)15(20-16(23)21(11)3)9-5-4-6-10(18)14(9)19/h4-6,15H,7-8H2,1-3H3,(H,20,23). The van der Waals surface area contributed by atoms with Crippen molar-refractivity contribution in [2.75, 3.05) is 7.05 Å². The number of ketones is 1. The predicted octanol–water partition coefficient (Wildman–Crippen LogP) is 4.33. The van der Waals surface area contributed by atoms with Gasteiger partial charge in [0.15, 0.2) is 5.78 Å². The van der Waals surface area contributed by atoms with Gasteiger partial charge in [-0.25, -0.2) is 4.79 Å². The van der Waals surface area contributed by atoms with Crippen LogP contribution in [0.4, 0.5) is 4.79 Å². The van der Waals surface area contributed by atoms with Crippen LogP contribution in [0.25, 0.3) is 0 Å². The van der Waals surface area contributed by atoms with Crippen molar-refractivity contribution in [3.05, 3.63) is 45.1 Å². The maximum atomic E-state index is 12.8. The Labute approximate surface area is 145 Å². The summed E-state index contributed by atoms with van der Waals surface area (Å²) >= 11 is 12.4. The van der Waals surface area contributed by atoms with E-state index in [1.165, 1.54) is 4.90 Å². The van der Waals surface area contributed by atoms with Gasteiger partial charge in [0.25, 0.3) is 0 Å². The van der Waals surface area contributed by atoms with Crippen molar-refractivity contribution < 1.29 is 9.59 Å². The van der Waals surface area contributed by atoms with E-state index < -0.39 is 6.04 Å². The second-order valence-electron chi connectivity index (χ2n) is 6.89. The summed E-state index contributed by atoms with van der Waals surface area (Å²) in [4.78, 5) is 26.6. The summed E-state index contributed by atoms with van der Waals surface area (Å²) in [7, 11) is 1.69. The first kappa shape index (κ1) is 16.3. The summed E-state index contributed by atoms with van der Waals surface area (Å²) < 4.78 is 0. The van der Waals surface area contributed by atoms with Gasteiger partial charge in [0.2, 0.25) is 0 Å². The Kier molecular flexibility index (Phi) is 3.93. The predicted molar refractivity (Wildman–Crippen MR) is 90.5 cm³/mol. The van der Waals surface area contributed by atoms with Crippen molar-refractivity contribution in [1.29, 1.82) is 0 Å². The van der Waals surface area contributed by atoms with E-state index in [1.807, 2.05) is 13.8 Å². The smallest absolute Gasteiger partial charge is 0.322 e. The van der Waals surface area contributed by atoms with Gasteiger partial charge in [-0.1, -0.05) is 49.2 Å². The lowest BCUT2D eigenvalue weighted by Gasteiger charge is -2.42. The number of carbonyl (C=O) groups is 2. The molecule has 2 amide bonds. The van der Waals surface area contributed by atoms with Crippen LogP contribution in [0.3, 0.4) is 0 Å². The first-order valence-corrected chi connectivity index (χ1v) is 8.21. The molecular weight excluding hydrogens is 335 g/mol. The van der Waals surface area contributed by atoms with Gasteiger partial charge in [0, 0.05) is 24.7 Å². The van der Waals surface area contributed by atoms with Crippen molar-refractivity contribution in [1.82, 2.24) is 10.2 Å². The van der Waals surface area contributed by atoms with Gasteiger partial charge in [0.05, 0.1) is 16.1 Å². The summed E-state index contributed by atoms with van der Waals surface area (Å²) in [5.74, 6) is 0.0455. The third kappa shape index (κ3) is 2.74. The minimum absolute atomic E-state index is 0.0455. The molecule has 0 fully saturated rings. The first-order chi connectivity index (χ1) is 10.7. The Morgan fingerprint density at radius 3 is 2.61 bits per heavy atom. The topological polar surface area (TPSA) is 49.4 Å². The minimum Gasteiger partial charge on any atom is -0.327 e. The fourth-order valence-corrected chi connectivity index (χ4v) is 3.74. The molecule has 1 unspecified atom stereocenters. The van der Waals surface area contributed by atoms with Crippen LogP contribution in [0.5, 0.6) is 0 Å². The number of allylic oxidation sites excluding steroid dienone is 1. The zero-order valence-corrected chi connectivity index (χ0v) is 14.8. The summed E-state index contributed by atoms with van der Waals surface area (Å²) in [5.41, 5.74) is 1.89. The average Bonchev–Trinajstić information content (AvgIpc) is 2.45. The SMILES string of the molecule is CN1C(=O)NC(c2cccc(Cl)c2Cl)C2=C1CC(C)(C)CC2=O. The molecule has 1 aromatic rings. The fraction of sp³-hybridized carbons (Fsp3) is 0.412. The van der Waals surface area contributed by atoms with Gasteiger partial charge in [-0.05, 0) is 23.5 Å². The van der Waals surface area contributed by atoms with Gasteiger partial charge in [-0.2, -0.15) is 0 Å². The molecule has 1 aliphatic heterocycles. The lowest BCUT2D eigenvalue weighted by Crippen LogP contribution is -2.49. The Morgan fingerprint density at radius 2 is 1.91 bits per heavy atom. The van der Waals surface area contributed by atoms with Gasteiger partial charge in [0.1, 0.15) is 0 Å². The van der Waals surface area contributed by atoms with E-state index in [4.69, 9.17) is 23.2 Å². The molecule has 3 rings (SSSR count). The van der Waals surface area contributed by atoms with E-state index >= 15 is 0 Å². The van der Waals surface area contributed by atoms with E-state index in [0.29, 0.717) is 34.0 Å². The average molecular weight is 353 g/mol. The maximum Gasteiger partial charge on any atom is 0.322 e. The molecule has 4 nitrogen and oxygen atoms in total. The highest BCUT2D eigenvalue weighted by atomic mass is 35.5. The zero-order valence-electron chi connectivity index (χ0n) is 13.2. The number of benzene rings is 1. The van der Waals surface area contributed by atoms with Gasteiger partial charge in [-0.15, -0.1) is 0 Å². The normalized spacial score (nSPS) is 23.7. The lowest BCUT2D eigenvalue weighted by molar-refractivity contribution is -0.118. The molecule has 2 aliphatic rings. The highest BCUT2D eigenvalue weighted by Crippen LogP contribution is 2.45. The minimum atomic E-state index is -0.552. The van der Waals surface area contributed by atoms with Crippen molar-refractivity contribution >= 4 is 35.0 Å². The first-order valence-electron chi connectivity index (χ1n) is 7.45. The highest BCUT2D eigenvalue weighted by Gasteiger charge is 2.43.